The Hall–Kier alpha value is -1.66. The molecule has 1 aromatic heterocycles. The molecule has 0 unspecified atom stereocenters. The van der Waals surface area contributed by atoms with Crippen molar-refractivity contribution in [2.75, 3.05) is 12.4 Å². The third kappa shape index (κ3) is 3.08. The van der Waals surface area contributed by atoms with Crippen LogP contribution in [0.15, 0.2) is 34.1 Å². The van der Waals surface area contributed by atoms with E-state index in [-0.39, 0.29) is 5.91 Å². The predicted molar refractivity (Wildman–Crippen MR) is 82.5 cm³/mol. The summed E-state index contributed by atoms with van der Waals surface area (Å²) < 4.78 is 5.31. The average molecular weight is 354 g/mol. The number of thiophene rings is 1. The molecule has 0 radical (unpaired) electrons. The third-order valence-electron chi connectivity index (χ3n) is 2.70. The molecule has 0 aliphatic heterocycles. The molecule has 1 aromatic carbocycles. The molecule has 2 aromatic rings. The van der Waals surface area contributed by atoms with Gasteiger partial charge in [-0.2, -0.15) is 0 Å². The number of carbonyl (C=O) groups excluding carboxylic acids is 2. The number of aryl methyl sites for hydroxylation is 1. The zero-order valence-corrected chi connectivity index (χ0v) is 13.3. The summed E-state index contributed by atoms with van der Waals surface area (Å²) in [4.78, 5) is 24.4. The zero-order chi connectivity index (χ0) is 14.7. The second kappa shape index (κ2) is 6.19. The van der Waals surface area contributed by atoms with Crippen molar-refractivity contribution in [2.45, 2.75) is 6.92 Å². The number of halogens is 1. The molecule has 0 spiro atoms. The molecule has 0 bridgehead atoms. The maximum atomic E-state index is 12.1. The Kier molecular flexibility index (Phi) is 4.57. The van der Waals surface area contributed by atoms with Crippen LogP contribution in [0.1, 0.15) is 25.6 Å². The van der Waals surface area contributed by atoms with Gasteiger partial charge < -0.3 is 10.1 Å². The highest BCUT2D eigenvalue weighted by Crippen LogP contribution is 2.23. The van der Waals surface area contributed by atoms with Crippen molar-refractivity contribution in [3.8, 4) is 0 Å². The van der Waals surface area contributed by atoms with Gasteiger partial charge in [-0.15, -0.1) is 11.3 Å². The van der Waals surface area contributed by atoms with Gasteiger partial charge in [0.05, 0.1) is 17.6 Å². The summed E-state index contributed by atoms with van der Waals surface area (Å²) >= 11 is 4.66. The molecule has 2 rings (SSSR count). The summed E-state index contributed by atoms with van der Waals surface area (Å²) in [6.07, 6.45) is 0. The summed E-state index contributed by atoms with van der Waals surface area (Å²) in [5.41, 5.74) is 1.84. The maximum absolute atomic E-state index is 12.1. The van der Waals surface area contributed by atoms with E-state index in [0.717, 1.165) is 5.56 Å². The van der Waals surface area contributed by atoms with Crippen LogP contribution in [-0.2, 0) is 4.74 Å². The van der Waals surface area contributed by atoms with Gasteiger partial charge in [0.1, 0.15) is 0 Å². The number of hydrogen-bond acceptors (Lipinski definition) is 4. The van der Waals surface area contributed by atoms with Gasteiger partial charge in [0.15, 0.2) is 0 Å². The monoisotopic (exact) mass is 353 g/mol. The van der Waals surface area contributed by atoms with Crippen LogP contribution < -0.4 is 5.32 Å². The van der Waals surface area contributed by atoms with Crippen LogP contribution in [-0.4, -0.2) is 19.0 Å². The van der Waals surface area contributed by atoms with E-state index in [1.807, 2.05) is 18.4 Å². The second-order valence-electron chi connectivity index (χ2n) is 4.07. The highest BCUT2D eigenvalue weighted by molar-refractivity contribution is 9.10. The van der Waals surface area contributed by atoms with Gasteiger partial charge in [-0.3, -0.25) is 4.79 Å². The number of carbonyl (C=O) groups is 2. The van der Waals surface area contributed by atoms with Crippen LogP contribution >= 0.6 is 27.3 Å². The molecule has 0 saturated heterocycles. The molecule has 104 valence electrons. The Morgan fingerprint density at radius 3 is 2.65 bits per heavy atom. The number of anilines is 1. The summed E-state index contributed by atoms with van der Waals surface area (Å²) in [7, 11) is 1.31. The van der Waals surface area contributed by atoms with Crippen molar-refractivity contribution in [3.63, 3.8) is 0 Å². The minimum Gasteiger partial charge on any atom is -0.465 e. The molecule has 1 heterocycles. The lowest BCUT2D eigenvalue weighted by atomic mass is 10.2. The SMILES string of the molecule is COC(=O)c1cc(NC(=O)c2sccc2C)ccc1Br. The van der Waals surface area contributed by atoms with Crippen LogP contribution in [0.4, 0.5) is 5.69 Å². The van der Waals surface area contributed by atoms with E-state index >= 15 is 0 Å². The summed E-state index contributed by atoms with van der Waals surface area (Å²) in [6.45, 7) is 1.88. The minimum atomic E-state index is -0.458. The van der Waals surface area contributed by atoms with Crippen molar-refractivity contribution in [1.29, 1.82) is 0 Å². The van der Waals surface area contributed by atoms with Gasteiger partial charge in [0.25, 0.3) is 5.91 Å². The highest BCUT2D eigenvalue weighted by atomic mass is 79.9. The standard InChI is InChI=1S/C14H12BrNO3S/c1-8-5-6-20-12(8)13(17)16-9-3-4-11(15)10(7-9)14(18)19-2/h3-7H,1-2H3,(H,16,17). The first kappa shape index (κ1) is 14.7. The van der Waals surface area contributed by atoms with Gasteiger partial charge in [-0.25, -0.2) is 4.79 Å². The molecule has 0 saturated carbocycles. The van der Waals surface area contributed by atoms with Crippen molar-refractivity contribution in [2.24, 2.45) is 0 Å². The van der Waals surface area contributed by atoms with E-state index in [1.54, 1.807) is 18.2 Å². The van der Waals surface area contributed by atoms with Crippen molar-refractivity contribution < 1.29 is 14.3 Å². The Balaban J connectivity index is 2.24. The van der Waals surface area contributed by atoms with E-state index in [4.69, 9.17) is 0 Å². The van der Waals surface area contributed by atoms with Gasteiger partial charge in [0.2, 0.25) is 0 Å². The number of amides is 1. The lowest BCUT2D eigenvalue weighted by Crippen LogP contribution is -2.12. The molecule has 1 N–H and O–H groups in total. The van der Waals surface area contributed by atoms with Crippen molar-refractivity contribution >= 4 is 44.8 Å². The summed E-state index contributed by atoms with van der Waals surface area (Å²) in [5, 5.41) is 4.64. The predicted octanol–water partition coefficient (Wildman–Crippen LogP) is 3.86. The molecule has 6 heteroatoms. The fraction of sp³-hybridized carbons (Fsp3) is 0.143. The van der Waals surface area contributed by atoms with Crippen LogP contribution in [0.5, 0.6) is 0 Å². The van der Waals surface area contributed by atoms with E-state index in [0.29, 0.717) is 20.6 Å². The summed E-state index contributed by atoms with van der Waals surface area (Å²) in [5.74, 6) is -0.643. The number of rotatable bonds is 3. The number of ether oxygens (including phenoxy) is 1. The molecule has 0 aliphatic carbocycles. The van der Waals surface area contributed by atoms with E-state index in [2.05, 4.69) is 26.0 Å². The molecule has 4 nitrogen and oxygen atoms in total. The maximum Gasteiger partial charge on any atom is 0.339 e. The lowest BCUT2D eigenvalue weighted by Gasteiger charge is -2.08. The van der Waals surface area contributed by atoms with E-state index in [9.17, 15) is 9.59 Å². The zero-order valence-electron chi connectivity index (χ0n) is 10.9. The van der Waals surface area contributed by atoms with Gasteiger partial charge in [-0.05, 0) is 58.1 Å². The molecule has 0 aliphatic rings. The molecule has 0 atom stereocenters. The first-order chi connectivity index (χ1) is 9.52. The number of methoxy groups -OCH3 is 1. The van der Waals surface area contributed by atoms with Crippen molar-refractivity contribution in [1.82, 2.24) is 0 Å². The molecule has 20 heavy (non-hydrogen) atoms. The van der Waals surface area contributed by atoms with Crippen LogP contribution in [0.25, 0.3) is 0 Å². The molecular weight excluding hydrogens is 342 g/mol. The topological polar surface area (TPSA) is 55.4 Å². The normalized spacial score (nSPS) is 10.2. The van der Waals surface area contributed by atoms with E-state index < -0.39 is 5.97 Å². The first-order valence-electron chi connectivity index (χ1n) is 5.76. The molecular formula is C14H12BrNO3S. The number of nitrogens with one attached hydrogen (secondary N) is 1. The van der Waals surface area contributed by atoms with Crippen LogP contribution in [0.3, 0.4) is 0 Å². The molecule has 0 fully saturated rings. The fourth-order valence-corrected chi connectivity index (χ4v) is 2.89. The Morgan fingerprint density at radius 2 is 2.05 bits per heavy atom. The quantitative estimate of drug-likeness (QED) is 0.852. The number of hydrogen-bond donors (Lipinski definition) is 1. The molecule has 1 amide bonds. The third-order valence-corrected chi connectivity index (χ3v) is 4.40. The van der Waals surface area contributed by atoms with E-state index in [1.165, 1.54) is 18.4 Å². The Labute approximate surface area is 128 Å². The van der Waals surface area contributed by atoms with Gasteiger partial charge >= 0.3 is 5.97 Å². The first-order valence-corrected chi connectivity index (χ1v) is 7.43. The Morgan fingerprint density at radius 1 is 1.30 bits per heavy atom. The minimum absolute atomic E-state index is 0.185. The fourth-order valence-electron chi connectivity index (χ4n) is 1.66. The largest absolute Gasteiger partial charge is 0.465 e. The Bertz CT molecular complexity index is 666. The average Bonchev–Trinajstić information content (AvgIpc) is 2.86. The number of esters is 1. The van der Waals surface area contributed by atoms with Gasteiger partial charge in [-0.1, -0.05) is 0 Å². The van der Waals surface area contributed by atoms with Crippen LogP contribution in [0, 0.1) is 6.92 Å². The summed E-state index contributed by atoms with van der Waals surface area (Å²) in [6, 6.07) is 6.89. The van der Waals surface area contributed by atoms with Crippen LogP contribution in [0.2, 0.25) is 0 Å². The highest BCUT2D eigenvalue weighted by Gasteiger charge is 2.14. The van der Waals surface area contributed by atoms with Gasteiger partial charge in [0, 0.05) is 10.2 Å². The smallest absolute Gasteiger partial charge is 0.339 e. The second-order valence-corrected chi connectivity index (χ2v) is 5.84. The lowest BCUT2D eigenvalue weighted by molar-refractivity contribution is 0.0599. The van der Waals surface area contributed by atoms with Crippen molar-refractivity contribution in [3.05, 3.63) is 50.1 Å². The number of benzene rings is 1.